The number of rotatable bonds is 6. The quantitative estimate of drug-likeness (QED) is 0.676. The third-order valence-corrected chi connectivity index (χ3v) is 5.50. The molecule has 1 saturated heterocycles. The molecule has 0 spiro atoms. The molecule has 3 heterocycles. The van der Waals surface area contributed by atoms with Gasteiger partial charge in [0.15, 0.2) is 10.6 Å². The van der Waals surface area contributed by atoms with E-state index in [1.807, 2.05) is 34.3 Å². The van der Waals surface area contributed by atoms with Crippen LogP contribution in [0.1, 0.15) is 39.3 Å². The number of carbonyl (C=O) groups is 2. The van der Waals surface area contributed by atoms with Gasteiger partial charge in [-0.1, -0.05) is 18.2 Å². The Morgan fingerprint density at radius 1 is 1.24 bits per heavy atom. The summed E-state index contributed by atoms with van der Waals surface area (Å²) in [5.41, 5.74) is 1.45. The lowest BCUT2D eigenvalue weighted by molar-refractivity contribution is 0.0856. The zero-order chi connectivity index (χ0) is 20.1. The first-order valence-electron chi connectivity index (χ1n) is 9.45. The fourth-order valence-electron chi connectivity index (χ4n) is 3.22. The van der Waals surface area contributed by atoms with Gasteiger partial charge in [0.1, 0.15) is 0 Å². The molecule has 2 aromatic heterocycles. The maximum atomic E-state index is 12.7. The molecule has 0 aliphatic carbocycles. The molecule has 7 nitrogen and oxygen atoms in total. The fourth-order valence-corrected chi connectivity index (χ4v) is 3.95. The molecule has 2 amide bonds. The Hall–Kier alpha value is -2.97. The van der Waals surface area contributed by atoms with E-state index in [4.69, 9.17) is 9.15 Å². The van der Waals surface area contributed by atoms with Crippen LogP contribution in [0.4, 0.5) is 0 Å². The summed E-state index contributed by atoms with van der Waals surface area (Å²) in [7, 11) is 0. The Balaban J connectivity index is 1.51. The zero-order valence-electron chi connectivity index (χ0n) is 15.7. The van der Waals surface area contributed by atoms with E-state index in [1.165, 1.54) is 17.6 Å². The summed E-state index contributed by atoms with van der Waals surface area (Å²) < 4.78 is 12.5. The molecule has 1 aliphatic heterocycles. The minimum Gasteiger partial charge on any atom is -0.459 e. The van der Waals surface area contributed by atoms with Gasteiger partial charge in [-0.3, -0.25) is 9.59 Å². The molecule has 0 saturated carbocycles. The van der Waals surface area contributed by atoms with Crippen molar-refractivity contribution in [1.82, 2.24) is 9.88 Å². The predicted octanol–water partition coefficient (Wildman–Crippen LogP) is 2.84. The van der Waals surface area contributed by atoms with Crippen LogP contribution in [0.5, 0.6) is 0 Å². The van der Waals surface area contributed by atoms with E-state index in [9.17, 15) is 9.59 Å². The molecular formula is C21H21N3O4S. The van der Waals surface area contributed by atoms with Crippen molar-refractivity contribution >= 4 is 23.2 Å². The SMILES string of the molecule is O=C(N=c1sccn1Cc1ccccc1C(=O)NC[C@H]1CCCO1)c1ccco1. The Kier molecular flexibility index (Phi) is 6.02. The third-order valence-electron chi connectivity index (χ3n) is 4.71. The van der Waals surface area contributed by atoms with Crippen LogP contribution < -0.4 is 10.1 Å². The molecule has 29 heavy (non-hydrogen) atoms. The van der Waals surface area contributed by atoms with Gasteiger partial charge in [-0.15, -0.1) is 11.3 Å². The van der Waals surface area contributed by atoms with E-state index < -0.39 is 5.91 Å². The molecule has 1 aliphatic rings. The summed E-state index contributed by atoms with van der Waals surface area (Å²) in [4.78, 5) is 29.6. The van der Waals surface area contributed by atoms with Crippen LogP contribution in [-0.4, -0.2) is 35.6 Å². The van der Waals surface area contributed by atoms with E-state index in [0.29, 0.717) is 23.5 Å². The first kappa shape index (κ1) is 19.4. The maximum Gasteiger partial charge on any atom is 0.315 e. The van der Waals surface area contributed by atoms with Crippen LogP contribution in [0.2, 0.25) is 0 Å². The predicted molar refractivity (Wildman–Crippen MR) is 108 cm³/mol. The number of thiazole rings is 1. The lowest BCUT2D eigenvalue weighted by Gasteiger charge is -2.13. The van der Waals surface area contributed by atoms with E-state index >= 15 is 0 Å². The summed E-state index contributed by atoms with van der Waals surface area (Å²) >= 11 is 1.35. The first-order valence-corrected chi connectivity index (χ1v) is 10.3. The molecule has 4 rings (SSSR count). The highest BCUT2D eigenvalue weighted by atomic mass is 32.1. The van der Waals surface area contributed by atoms with Gasteiger partial charge in [-0.25, -0.2) is 0 Å². The largest absolute Gasteiger partial charge is 0.459 e. The number of hydrogen-bond donors (Lipinski definition) is 1. The molecule has 1 N–H and O–H groups in total. The molecule has 1 fully saturated rings. The molecule has 0 unspecified atom stereocenters. The number of furan rings is 1. The Morgan fingerprint density at radius 2 is 2.14 bits per heavy atom. The van der Waals surface area contributed by atoms with Crippen LogP contribution >= 0.6 is 11.3 Å². The summed E-state index contributed by atoms with van der Waals surface area (Å²) in [6.45, 7) is 1.70. The number of aromatic nitrogens is 1. The number of carbonyl (C=O) groups excluding carboxylic acids is 2. The van der Waals surface area contributed by atoms with Crippen molar-refractivity contribution in [3.8, 4) is 0 Å². The lowest BCUT2D eigenvalue weighted by Crippen LogP contribution is -2.32. The molecule has 0 radical (unpaired) electrons. The normalized spacial score (nSPS) is 16.8. The van der Waals surface area contributed by atoms with Crippen molar-refractivity contribution in [2.45, 2.75) is 25.5 Å². The summed E-state index contributed by atoms with van der Waals surface area (Å²) in [6, 6.07) is 10.7. The average molecular weight is 411 g/mol. The molecule has 3 aromatic rings. The number of nitrogens with one attached hydrogen (secondary N) is 1. The number of amides is 2. The van der Waals surface area contributed by atoms with Gasteiger partial charge in [0.25, 0.3) is 5.91 Å². The standard InChI is InChI=1S/C21H21N3O4S/c25-19(22-13-16-6-3-10-27-16)17-7-2-1-5-15(17)14-24-9-12-29-21(24)23-20(26)18-8-4-11-28-18/h1-2,4-5,7-9,11-12,16H,3,6,10,13-14H2,(H,22,25)/t16-/m1/s1. The molecule has 1 atom stereocenters. The first-order chi connectivity index (χ1) is 14.2. The van der Waals surface area contributed by atoms with Crippen LogP contribution in [0.25, 0.3) is 0 Å². The summed E-state index contributed by atoms with van der Waals surface area (Å²) in [6.07, 6.45) is 5.39. The lowest BCUT2D eigenvalue weighted by atomic mass is 10.1. The number of benzene rings is 1. The average Bonchev–Trinajstić information content (AvgIpc) is 3.50. The smallest absolute Gasteiger partial charge is 0.315 e. The van der Waals surface area contributed by atoms with Gasteiger partial charge in [0.2, 0.25) is 0 Å². The van der Waals surface area contributed by atoms with Crippen molar-refractivity contribution in [3.05, 3.63) is 75.9 Å². The molecule has 150 valence electrons. The fraction of sp³-hybridized carbons (Fsp3) is 0.286. The Bertz CT molecular complexity index is 1050. The third kappa shape index (κ3) is 4.72. The van der Waals surface area contributed by atoms with Crippen molar-refractivity contribution < 1.29 is 18.7 Å². The van der Waals surface area contributed by atoms with Gasteiger partial charge in [0, 0.05) is 30.3 Å². The van der Waals surface area contributed by atoms with Crippen LogP contribution in [0, 0.1) is 0 Å². The van der Waals surface area contributed by atoms with Crippen LogP contribution in [0.3, 0.4) is 0 Å². The Morgan fingerprint density at radius 3 is 2.93 bits per heavy atom. The number of hydrogen-bond acceptors (Lipinski definition) is 5. The van der Waals surface area contributed by atoms with Crippen molar-refractivity contribution in [3.63, 3.8) is 0 Å². The van der Waals surface area contributed by atoms with Gasteiger partial charge in [0.05, 0.1) is 18.9 Å². The highest BCUT2D eigenvalue weighted by Crippen LogP contribution is 2.13. The van der Waals surface area contributed by atoms with Crippen molar-refractivity contribution in [2.75, 3.05) is 13.2 Å². The zero-order valence-corrected chi connectivity index (χ0v) is 16.6. The van der Waals surface area contributed by atoms with Crippen molar-refractivity contribution in [1.29, 1.82) is 0 Å². The van der Waals surface area contributed by atoms with Crippen LogP contribution in [0.15, 0.2) is 63.6 Å². The van der Waals surface area contributed by atoms with Gasteiger partial charge >= 0.3 is 5.91 Å². The second kappa shape index (κ2) is 9.02. The van der Waals surface area contributed by atoms with Gasteiger partial charge in [-0.05, 0) is 36.6 Å². The summed E-state index contributed by atoms with van der Waals surface area (Å²) in [5.74, 6) is -0.371. The number of nitrogens with zero attached hydrogens (tertiary/aromatic N) is 2. The molecular weight excluding hydrogens is 390 g/mol. The topological polar surface area (TPSA) is 85.8 Å². The molecule has 8 heteroatoms. The maximum absolute atomic E-state index is 12.7. The second-order valence-corrected chi connectivity index (χ2v) is 7.58. The Labute approximate surface area is 171 Å². The molecule has 0 bridgehead atoms. The second-order valence-electron chi connectivity index (χ2n) is 6.71. The minimum absolute atomic E-state index is 0.0929. The van der Waals surface area contributed by atoms with E-state index in [1.54, 1.807) is 18.2 Å². The van der Waals surface area contributed by atoms with E-state index in [0.717, 1.165) is 25.0 Å². The summed E-state index contributed by atoms with van der Waals surface area (Å²) in [5, 5.41) is 4.82. The van der Waals surface area contributed by atoms with Gasteiger partial charge in [-0.2, -0.15) is 4.99 Å². The van der Waals surface area contributed by atoms with Crippen molar-refractivity contribution in [2.24, 2.45) is 4.99 Å². The highest BCUT2D eigenvalue weighted by molar-refractivity contribution is 7.07. The molecule has 1 aromatic carbocycles. The van der Waals surface area contributed by atoms with Crippen LogP contribution in [-0.2, 0) is 11.3 Å². The van der Waals surface area contributed by atoms with Gasteiger partial charge < -0.3 is 19.0 Å². The minimum atomic E-state index is -0.436. The van der Waals surface area contributed by atoms with E-state index in [2.05, 4.69) is 10.3 Å². The monoisotopic (exact) mass is 411 g/mol. The highest BCUT2D eigenvalue weighted by Gasteiger charge is 2.18. The number of ether oxygens (including phenoxy) is 1. The van der Waals surface area contributed by atoms with E-state index in [-0.39, 0.29) is 17.8 Å².